The van der Waals surface area contributed by atoms with E-state index >= 15 is 0 Å². The van der Waals surface area contributed by atoms with Crippen molar-refractivity contribution in [2.24, 2.45) is 0 Å². The third kappa shape index (κ3) is 12.0. The van der Waals surface area contributed by atoms with Crippen LogP contribution in [0.25, 0.3) is 0 Å². The molecule has 228 valence electrons. The van der Waals surface area contributed by atoms with Gasteiger partial charge in [0.1, 0.15) is 0 Å². The van der Waals surface area contributed by atoms with Crippen molar-refractivity contribution >= 4 is 34.8 Å². The van der Waals surface area contributed by atoms with Crippen LogP contribution in [0.3, 0.4) is 0 Å². The Bertz CT molecular complexity index is 851. The number of hydrogen-bond acceptors (Lipinski definition) is 5. The Hall–Kier alpha value is 0.0749. The van der Waals surface area contributed by atoms with Crippen molar-refractivity contribution in [2.75, 3.05) is 31.7 Å². The standard InChI is InChI=1S/C32H57BO4P2S/c1-5-8-18-39(19-9-6-2,20-10-7-3)25-27-12-11-13-28(23-27)32-34-16-14-30(37-32)24-31-22-26(4)21-29(36-31)15-17-35-33(38)40/h11-13,23,29-32,39-40H,4-10,14-22,24-25,38H2,1-3H3/t29-,30-,31+,32-/m0/s1. The normalized spacial score (nSPS) is 24.3. The van der Waals surface area contributed by atoms with Crippen molar-refractivity contribution in [3.05, 3.63) is 47.5 Å². The molecule has 5 atom stereocenters. The zero-order valence-corrected chi connectivity index (χ0v) is 28.6. The molecule has 0 amide bonds. The van der Waals surface area contributed by atoms with Crippen LogP contribution in [-0.4, -0.2) is 55.9 Å². The Kier molecular flexibility index (Phi) is 16.1. The minimum Gasteiger partial charge on any atom is -0.422 e. The molecule has 0 aromatic heterocycles. The number of thiol groups is 1. The SMILES string of the molecule is C=C1C[C@H](C[C@@H]2CCO[C@H](c3cccc(C[PH](CCCC)(CCCC)CCCC)c3)O2)O[C@@H](CCOB(P)S)C1. The summed E-state index contributed by atoms with van der Waals surface area (Å²) in [6.07, 6.45) is 18.4. The van der Waals surface area contributed by atoms with Gasteiger partial charge in [0.05, 0.1) is 0 Å². The van der Waals surface area contributed by atoms with Gasteiger partial charge in [-0.2, -0.15) is 12.5 Å². The summed E-state index contributed by atoms with van der Waals surface area (Å²) in [5.41, 5.74) is 3.94. The van der Waals surface area contributed by atoms with E-state index in [-0.39, 0.29) is 30.5 Å². The van der Waals surface area contributed by atoms with Gasteiger partial charge >= 0.3 is 222 Å². The fourth-order valence-electron chi connectivity index (χ4n) is 6.53. The smallest absolute Gasteiger partial charge is 0.422 e. The summed E-state index contributed by atoms with van der Waals surface area (Å²) in [4.78, 5) is 0. The van der Waals surface area contributed by atoms with Crippen molar-refractivity contribution in [1.82, 2.24) is 0 Å². The molecule has 40 heavy (non-hydrogen) atoms. The van der Waals surface area contributed by atoms with Crippen LogP contribution in [0.1, 0.15) is 109 Å². The summed E-state index contributed by atoms with van der Waals surface area (Å²) in [7, 11) is 1.19. The van der Waals surface area contributed by atoms with Crippen molar-refractivity contribution in [1.29, 1.82) is 0 Å². The van der Waals surface area contributed by atoms with E-state index in [9.17, 15) is 0 Å². The van der Waals surface area contributed by atoms with E-state index in [1.165, 1.54) is 79.9 Å². The predicted molar refractivity (Wildman–Crippen MR) is 183 cm³/mol. The first kappa shape index (κ1) is 34.6. The summed E-state index contributed by atoms with van der Waals surface area (Å²) < 4.78 is 24.8. The van der Waals surface area contributed by atoms with E-state index in [2.05, 4.69) is 73.2 Å². The molecular formula is C32H57BO4P2S. The fraction of sp³-hybridized carbons (Fsp3) is 0.750. The Morgan fingerprint density at radius 2 is 1.68 bits per heavy atom. The van der Waals surface area contributed by atoms with Crippen molar-refractivity contribution in [2.45, 2.75) is 122 Å². The van der Waals surface area contributed by atoms with Gasteiger partial charge in [-0.3, -0.25) is 0 Å². The van der Waals surface area contributed by atoms with Crippen LogP contribution >= 0.6 is 28.9 Å². The molecule has 2 aliphatic rings. The predicted octanol–water partition coefficient (Wildman–Crippen LogP) is 8.83. The Balaban J connectivity index is 1.63. The van der Waals surface area contributed by atoms with Gasteiger partial charge in [-0.25, -0.2) is 0 Å². The van der Waals surface area contributed by atoms with E-state index in [4.69, 9.17) is 18.9 Å². The van der Waals surface area contributed by atoms with Crippen LogP contribution in [-0.2, 0) is 25.0 Å². The van der Waals surface area contributed by atoms with Crippen LogP contribution in [0.2, 0.25) is 0 Å². The summed E-state index contributed by atoms with van der Waals surface area (Å²) in [5, 5.41) is 0. The molecule has 2 fully saturated rings. The van der Waals surface area contributed by atoms with Gasteiger partial charge in [0, 0.05) is 6.61 Å². The van der Waals surface area contributed by atoms with Crippen LogP contribution < -0.4 is 0 Å². The Labute approximate surface area is 254 Å². The molecule has 2 saturated heterocycles. The second kappa shape index (κ2) is 18.7. The molecule has 8 heteroatoms. The molecule has 0 bridgehead atoms. The first-order chi connectivity index (χ1) is 19.4. The monoisotopic (exact) mass is 610 g/mol. The molecule has 1 aromatic carbocycles. The number of rotatable bonds is 18. The molecule has 4 nitrogen and oxygen atoms in total. The van der Waals surface area contributed by atoms with E-state index < -0.39 is 7.26 Å². The summed E-state index contributed by atoms with van der Waals surface area (Å²) in [6, 6.07) is 9.17. The molecule has 2 heterocycles. The van der Waals surface area contributed by atoms with E-state index in [0.717, 1.165) is 38.7 Å². The molecule has 0 radical (unpaired) electrons. The molecule has 0 aliphatic carbocycles. The molecule has 2 aliphatic heterocycles. The summed E-state index contributed by atoms with van der Waals surface area (Å²) in [5.74, 6) is -0.128. The van der Waals surface area contributed by atoms with Gasteiger partial charge in [0.25, 0.3) is 0 Å². The Morgan fingerprint density at radius 1 is 1.00 bits per heavy atom. The number of hydrogen-bond donors (Lipinski definition) is 1. The fourth-order valence-corrected chi connectivity index (χ4v) is 12.5. The van der Waals surface area contributed by atoms with Crippen LogP contribution in [0.5, 0.6) is 0 Å². The van der Waals surface area contributed by atoms with Crippen molar-refractivity contribution in [3.63, 3.8) is 0 Å². The second-order valence-electron chi connectivity index (χ2n) is 12.3. The average molecular weight is 611 g/mol. The van der Waals surface area contributed by atoms with E-state index in [1.54, 1.807) is 0 Å². The number of ether oxygens (including phenoxy) is 3. The zero-order valence-electron chi connectivity index (χ0n) is 25.6. The van der Waals surface area contributed by atoms with Crippen LogP contribution in [0, 0.1) is 0 Å². The average Bonchev–Trinajstić information content (AvgIpc) is 2.93. The topological polar surface area (TPSA) is 36.9 Å². The van der Waals surface area contributed by atoms with Gasteiger partial charge in [-0.15, -0.1) is 9.12 Å². The van der Waals surface area contributed by atoms with Gasteiger partial charge in [-0.05, 0) is 0 Å². The molecule has 1 unspecified atom stereocenters. The van der Waals surface area contributed by atoms with Gasteiger partial charge < -0.3 is 4.65 Å². The molecular weight excluding hydrogens is 553 g/mol. The minimum atomic E-state index is -1.36. The van der Waals surface area contributed by atoms with Gasteiger partial charge in [0.15, 0.2) is 0 Å². The summed E-state index contributed by atoms with van der Waals surface area (Å²) in [6.45, 7) is 12.7. The molecule has 0 N–H and O–H groups in total. The number of benzene rings is 1. The quantitative estimate of drug-likeness (QED) is 0.0780. The van der Waals surface area contributed by atoms with Crippen molar-refractivity contribution in [3.8, 4) is 0 Å². The van der Waals surface area contributed by atoms with Crippen molar-refractivity contribution < 1.29 is 18.9 Å². The van der Waals surface area contributed by atoms with Gasteiger partial charge in [0.2, 0.25) is 0 Å². The maximum atomic E-state index is 6.58. The van der Waals surface area contributed by atoms with E-state index in [0.29, 0.717) is 6.61 Å². The first-order valence-corrected chi connectivity index (χ1v) is 20.1. The first-order valence-electron chi connectivity index (χ1n) is 16.1. The molecule has 3 rings (SSSR count). The Morgan fingerprint density at radius 3 is 2.33 bits per heavy atom. The van der Waals surface area contributed by atoms with E-state index in [1.807, 2.05) is 0 Å². The third-order valence-electron chi connectivity index (χ3n) is 8.68. The van der Waals surface area contributed by atoms with Crippen LogP contribution in [0.4, 0.5) is 0 Å². The zero-order chi connectivity index (χ0) is 28.8. The maximum absolute atomic E-state index is 6.58. The number of unbranched alkanes of at least 4 members (excludes halogenated alkanes) is 3. The molecule has 0 saturated carbocycles. The molecule has 0 spiro atoms. The molecule has 1 aromatic rings. The second-order valence-corrected chi connectivity index (χ2v) is 18.8. The summed E-state index contributed by atoms with van der Waals surface area (Å²) >= 11 is 4.28. The third-order valence-corrected chi connectivity index (χ3v) is 14.4. The van der Waals surface area contributed by atoms with Gasteiger partial charge in [-0.1, -0.05) is 0 Å². The minimum absolute atomic E-state index is 0.128. The van der Waals surface area contributed by atoms with Crippen LogP contribution in [0.15, 0.2) is 36.4 Å².